The standard InChI is InChI=1S/C14H25NO2S/c1-5-15-10-12(1)11-16-13-2-6-17-14(9-13)3-7-18-8-4-14/h12-13,15H,1-11H2. The quantitative estimate of drug-likeness (QED) is 0.851. The van der Waals surface area contributed by atoms with Crippen molar-refractivity contribution in [2.45, 2.75) is 43.8 Å². The molecule has 0 aromatic heterocycles. The van der Waals surface area contributed by atoms with Crippen molar-refractivity contribution in [2.75, 3.05) is 37.8 Å². The third-order valence-corrected chi connectivity index (χ3v) is 5.57. The summed E-state index contributed by atoms with van der Waals surface area (Å²) in [6, 6.07) is 0. The average molecular weight is 271 g/mol. The van der Waals surface area contributed by atoms with Crippen LogP contribution in [0.2, 0.25) is 0 Å². The second-order valence-corrected chi connectivity index (χ2v) is 7.18. The summed E-state index contributed by atoms with van der Waals surface area (Å²) in [7, 11) is 0. The molecular formula is C14H25NO2S. The second kappa shape index (κ2) is 6.12. The first-order valence-electron chi connectivity index (χ1n) is 7.40. The Labute approximate surface area is 114 Å². The van der Waals surface area contributed by atoms with Gasteiger partial charge in [0.05, 0.1) is 18.3 Å². The van der Waals surface area contributed by atoms with Crippen molar-refractivity contribution in [1.29, 1.82) is 0 Å². The van der Waals surface area contributed by atoms with Gasteiger partial charge in [0, 0.05) is 19.6 Å². The van der Waals surface area contributed by atoms with Gasteiger partial charge in [-0.25, -0.2) is 0 Å². The zero-order valence-electron chi connectivity index (χ0n) is 11.2. The first kappa shape index (κ1) is 13.2. The van der Waals surface area contributed by atoms with Crippen LogP contribution in [-0.4, -0.2) is 49.5 Å². The van der Waals surface area contributed by atoms with Crippen LogP contribution in [0, 0.1) is 5.92 Å². The van der Waals surface area contributed by atoms with Crippen molar-refractivity contribution in [1.82, 2.24) is 5.32 Å². The summed E-state index contributed by atoms with van der Waals surface area (Å²) < 4.78 is 12.3. The number of hydrogen-bond acceptors (Lipinski definition) is 4. The van der Waals surface area contributed by atoms with Gasteiger partial charge in [-0.15, -0.1) is 0 Å². The van der Waals surface area contributed by atoms with Crippen molar-refractivity contribution in [2.24, 2.45) is 5.92 Å². The maximum Gasteiger partial charge on any atom is 0.0723 e. The largest absolute Gasteiger partial charge is 0.378 e. The van der Waals surface area contributed by atoms with Crippen LogP contribution in [0.4, 0.5) is 0 Å². The summed E-state index contributed by atoms with van der Waals surface area (Å²) in [5.41, 5.74) is 0.169. The Bertz CT molecular complexity index is 257. The predicted octanol–water partition coefficient (Wildman–Crippen LogP) is 2.06. The molecule has 0 saturated carbocycles. The Hall–Kier alpha value is 0.230. The van der Waals surface area contributed by atoms with Gasteiger partial charge in [0.15, 0.2) is 0 Å². The molecule has 3 heterocycles. The van der Waals surface area contributed by atoms with Gasteiger partial charge in [-0.2, -0.15) is 11.8 Å². The maximum absolute atomic E-state index is 6.17. The van der Waals surface area contributed by atoms with Crippen LogP contribution >= 0.6 is 11.8 Å². The minimum Gasteiger partial charge on any atom is -0.378 e. The van der Waals surface area contributed by atoms with E-state index in [-0.39, 0.29) is 5.60 Å². The summed E-state index contributed by atoms with van der Waals surface area (Å²) >= 11 is 2.07. The third-order valence-electron chi connectivity index (χ3n) is 4.58. The van der Waals surface area contributed by atoms with E-state index in [1.54, 1.807) is 0 Å². The molecule has 3 rings (SSSR count). The van der Waals surface area contributed by atoms with Crippen molar-refractivity contribution < 1.29 is 9.47 Å². The predicted molar refractivity (Wildman–Crippen MR) is 75.2 cm³/mol. The third kappa shape index (κ3) is 3.21. The highest BCUT2D eigenvalue weighted by atomic mass is 32.2. The van der Waals surface area contributed by atoms with Crippen LogP contribution in [0.5, 0.6) is 0 Å². The average Bonchev–Trinajstić information content (AvgIpc) is 2.91. The molecule has 1 N–H and O–H groups in total. The molecule has 3 aliphatic heterocycles. The van der Waals surface area contributed by atoms with Gasteiger partial charge in [0.25, 0.3) is 0 Å². The molecule has 0 amide bonds. The lowest BCUT2D eigenvalue weighted by Gasteiger charge is -2.43. The van der Waals surface area contributed by atoms with Crippen LogP contribution in [0.1, 0.15) is 32.1 Å². The fourth-order valence-corrected chi connectivity index (χ4v) is 4.58. The Kier molecular flexibility index (Phi) is 4.50. The Morgan fingerprint density at radius 1 is 1.28 bits per heavy atom. The summed E-state index contributed by atoms with van der Waals surface area (Å²) in [4.78, 5) is 0. The van der Waals surface area contributed by atoms with Crippen molar-refractivity contribution in [3.8, 4) is 0 Å². The van der Waals surface area contributed by atoms with Crippen LogP contribution in [0.3, 0.4) is 0 Å². The summed E-state index contributed by atoms with van der Waals surface area (Å²) in [6.45, 7) is 4.16. The van der Waals surface area contributed by atoms with E-state index in [2.05, 4.69) is 17.1 Å². The second-order valence-electron chi connectivity index (χ2n) is 5.95. The van der Waals surface area contributed by atoms with E-state index in [1.807, 2.05) is 0 Å². The lowest BCUT2D eigenvalue weighted by molar-refractivity contribution is -0.140. The molecule has 0 aromatic rings. The molecule has 2 atom stereocenters. The van der Waals surface area contributed by atoms with E-state index >= 15 is 0 Å². The molecule has 3 fully saturated rings. The van der Waals surface area contributed by atoms with Crippen LogP contribution < -0.4 is 5.32 Å². The normalized spacial score (nSPS) is 36.0. The molecule has 0 aliphatic carbocycles. The smallest absolute Gasteiger partial charge is 0.0723 e. The van der Waals surface area contributed by atoms with Gasteiger partial charge in [-0.3, -0.25) is 0 Å². The van der Waals surface area contributed by atoms with E-state index in [0.717, 1.165) is 38.5 Å². The van der Waals surface area contributed by atoms with E-state index in [9.17, 15) is 0 Å². The molecule has 104 valence electrons. The van der Waals surface area contributed by atoms with Gasteiger partial charge in [0.1, 0.15) is 0 Å². The molecule has 3 nitrogen and oxygen atoms in total. The molecule has 0 radical (unpaired) electrons. The highest BCUT2D eigenvalue weighted by Gasteiger charge is 2.39. The van der Waals surface area contributed by atoms with Gasteiger partial charge in [-0.1, -0.05) is 0 Å². The van der Waals surface area contributed by atoms with Gasteiger partial charge in [-0.05, 0) is 49.7 Å². The van der Waals surface area contributed by atoms with E-state index < -0.39 is 0 Å². The monoisotopic (exact) mass is 271 g/mol. The zero-order valence-corrected chi connectivity index (χ0v) is 12.0. The fourth-order valence-electron chi connectivity index (χ4n) is 3.35. The SMILES string of the molecule is C1CC(COC2CCOC3(CCSCC3)C2)CN1. The molecule has 3 saturated heterocycles. The minimum absolute atomic E-state index is 0.169. The van der Waals surface area contributed by atoms with Gasteiger partial charge < -0.3 is 14.8 Å². The summed E-state index contributed by atoms with van der Waals surface area (Å²) in [5.74, 6) is 3.27. The molecule has 0 aromatic carbocycles. The Morgan fingerprint density at radius 3 is 2.94 bits per heavy atom. The van der Waals surface area contributed by atoms with Crippen molar-refractivity contribution in [3.63, 3.8) is 0 Å². The van der Waals surface area contributed by atoms with E-state index in [0.29, 0.717) is 6.10 Å². The zero-order chi connectivity index (χ0) is 12.3. The Morgan fingerprint density at radius 2 is 2.17 bits per heavy atom. The highest BCUT2D eigenvalue weighted by Crippen LogP contribution is 2.38. The van der Waals surface area contributed by atoms with Crippen LogP contribution in [0.15, 0.2) is 0 Å². The van der Waals surface area contributed by atoms with Crippen LogP contribution in [-0.2, 0) is 9.47 Å². The van der Waals surface area contributed by atoms with Gasteiger partial charge >= 0.3 is 0 Å². The molecule has 3 aliphatic rings. The molecule has 4 heteroatoms. The number of hydrogen-bond donors (Lipinski definition) is 1. The molecule has 2 unspecified atom stereocenters. The maximum atomic E-state index is 6.17. The van der Waals surface area contributed by atoms with E-state index in [1.165, 1.54) is 37.3 Å². The van der Waals surface area contributed by atoms with Crippen molar-refractivity contribution in [3.05, 3.63) is 0 Å². The lowest BCUT2D eigenvalue weighted by Crippen LogP contribution is -2.45. The summed E-state index contributed by atoms with van der Waals surface area (Å²) in [5, 5.41) is 3.41. The topological polar surface area (TPSA) is 30.5 Å². The summed E-state index contributed by atoms with van der Waals surface area (Å²) in [6.07, 6.45) is 6.40. The highest BCUT2D eigenvalue weighted by molar-refractivity contribution is 7.99. The molecular weight excluding hydrogens is 246 g/mol. The van der Waals surface area contributed by atoms with Gasteiger partial charge in [0.2, 0.25) is 0 Å². The minimum atomic E-state index is 0.169. The number of nitrogens with one attached hydrogen (secondary N) is 1. The number of rotatable bonds is 3. The first-order chi connectivity index (χ1) is 8.86. The Balaban J connectivity index is 1.47. The molecule has 0 bridgehead atoms. The van der Waals surface area contributed by atoms with Crippen molar-refractivity contribution >= 4 is 11.8 Å². The first-order valence-corrected chi connectivity index (χ1v) is 8.56. The molecule has 18 heavy (non-hydrogen) atoms. The fraction of sp³-hybridized carbons (Fsp3) is 1.00. The lowest BCUT2D eigenvalue weighted by atomic mass is 9.86. The van der Waals surface area contributed by atoms with Crippen LogP contribution in [0.25, 0.3) is 0 Å². The number of ether oxygens (including phenoxy) is 2. The number of thioether (sulfide) groups is 1. The molecule has 1 spiro atoms. The van der Waals surface area contributed by atoms with E-state index in [4.69, 9.17) is 9.47 Å².